The summed E-state index contributed by atoms with van der Waals surface area (Å²) in [4.78, 5) is 18.0. The quantitative estimate of drug-likeness (QED) is 0.669. The maximum absolute atomic E-state index is 11.3. The molecule has 0 aliphatic carbocycles. The Hall–Kier alpha value is -0.920. The van der Waals surface area contributed by atoms with Crippen LogP contribution in [0.5, 0.6) is 0 Å². The lowest BCUT2D eigenvalue weighted by atomic mass is 10.2. The number of rotatable bonds is 7. The lowest BCUT2D eigenvalue weighted by molar-refractivity contribution is -0.143. The molecule has 0 aliphatic rings. The van der Waals surface area contributed by atoms with E-state index in [1.807, 2.05) is 19.4 Å². The van der Waals surface area contributed by atoms with Crippen molar-refractivity contribution in [1.82, 2.24) is 4.98 Å². The maximum Gasteiger partial charge on any atom is 0.306 e. The molecule has 2 rings (SSSR count). The summed E-state index contributed by atoms with van der Waals surface area (Å²) in [5.74, 6) is -0.163. The number of halogens is 1. The lowest BCUT2D eigenvalue weighted by Gasteiger charge is -2.14. The van der Waals surface area contributed by atoms with Crippen LogP contribution in [0.3, 0.4) is 0 Å². The highest BCUT2D eigenvalue weighted by Gasteiger charge is 2.10. The van der Waals surface area contributed by atoms with Gasteiger partial charge < -0.3 is 9.64 Å². The Morgan fingerprint density at radius 3 is 2.90 bits per heavy atom. The molecule has 2 heterocycles. The van der Waals surface area contributed by atoms with E-state index in [-0.39, 0.29) is 5.97 Å². The minimum atomic E-state index is -0.163. The van der Waals surface area contributed by atoms with Gasteiger partial charge in [0.2, 0.25) is 0 Å². The maximum atomic E-state index is 11.3. The van der Waals surface area contributed by atoms with Crippen LogP contribution in [0.1, 0.15) is 24.6 Å². The van der Waals surface area contributed by atoms with Crippen LogP contribution in [0, 0.1) is 0 Å². The second-order valence-corrected chi connectivity index (χ2v) is 7.67. The van der Waals surface area contributed by atoms with Gasteiger partial charge in [-0.3, -0.25) is 4.79 Å². The molecule has 21 heavy (non-hydrogen) atoms. The second-order valence-electron chi connectivity index (χ2n) is 4.54. The van der Waals surface area contributed by atoms with Crippen molar-refractivity contribution in [1.29, 1.82) is 0 Å². The lowest BCUT2D eigenvalue weighted by Crippen LogP contribution is -2.15. The first-order chi connectivity index (χ1) is 10.1. The Morgan fingerprint density at radius 1 is 1.43 bits per heavy atom. The number of thiazole rings is 1. The average molecular weight is 389 g/mol. The third-order valence-corrected chi connectivity index (χ3v) is 5.36. The number of carbonyl (C=O) groups is 1. The molecule has 0 aliphatic heterocycles. The van der Waals surface area contributed by atoms with E-state index in [9.17, 15) is 4.79 Å². The predicted octanol–water partition coefficient (Wildman–Crippen LogP) is 4.10. The zero-order valence-corrected chi connectivity index (χ0v) is 15.2. The number of carbonyl (C=O) groups excluding carboxylic acids is 1. The number of ether oxygens (including phenoxy) is 1. The molecule has 0 N–H and O–H groups in total. The second kappa shape index (κ2) is 7.91. The molecule has 114 valence electrons. The first-order valence-electron chi connectivity index (χ1n) is 6.62. The number of nitrogens with zero attached hydrogens (tertiary/aromatic N) is 2. The molecular weight excluding hydrogens is 372 g/mol. The predicted molar refractivity (Wildman–Crippen MR) is 91.2 cm³/mol. The highest BCUT2D eigenvalue weighted by molar-refractivity contribution is 9.11. The Kier molecular flexibility index (Phi) is 6.20. The summed E-state index contributed by atoms with van der Waals surface area (Å²) < 4.78 is 6.06. The number of thiophene rings is 1. The summed E-state index contributed by atoms with van der Waals surface area (Å²) in [7, 11) is 2.03. The van der Waals surface area contributed by atoms with Gasteiger partial charge in [0.1, 0.15) is 0 Å². The highest BCUT2D eigenvalue weighted by Crippen LogP contribution is 2.25. The zero-order valence-electron chi connectivity index (χ0n) is 12.0. The van der Waals surface area contributed by atoms with Gasteiger partial charge in [-0.15, -0.1) is 22.7 Å². The molecule has 0 spiro atoms. The van der Waals surface area contributed by atoms with Crippen LogP contribution in [-0.4, -0.2) is 24.6 Å². The number of anilines is 1. The fraction of sp³-hybridized carbons (Fsp3) is 0.429. The third-order valence-electron chi connectivity index (χ3n) is 2.80. The molecule has 0 fully saturated rings. The largest absolute Gasteiger partial charge is 0.466 e. The molecule has 0 amide bonds. The first kappa shape index (κ1) is 16.5. The van der Waals surface area contributed by atoms with Crippen molar-refractivity contribution in [3.63, 3.8) is 0 Å². The smallest absolute Gasteiger partial charge is 0.306 e. The SMILES string of the molecule is CCOC(=O)CCc1csc(N(C)Cc2csc(Br)c2)n1. The van der Waals surface area contributed by atoms with E-state index in [0.29, 0.717) is 19.4 Å². The summed E-state index contributed by atoms with van der Waals surface area (Å²) >= 11 is 6.76. The van der Waals surface area contributed by atoms with E-state index in [2.05, 4.69) is 37.3 Å². The molecule has 0 radical (unpaired) electrons. The molecule has 2 aromatic rings. The van der Waals surface area contributed by atoms with Crippen molar-refractivity contribution in [3.05, 3.63) is 31.9 Å². The normalized spacial score (nSPS) is 10.6. The highest BCUT2D eigenvalue weighted by atomic mass is 79.9. The van der Waals surface area contributed by atoms with Gasteiger partial charge in [0, 0.05) is 25.4 Å². The van der Waals surface area contributed by atoms with Gasteiger partial charge in [0.15, 0.2) is 5.13 Å². The van der Waals surface area contributed by atoms with Crippen LogP contribution >= 0.6 is 38.6 Å². The average Bonchev–Trinajstić information content (AvgIpc) is 3.06. The first-order valence-corrected chi connectivity index (χ1v) is 9.17. The molecule has 0 saturated carbocycles. The summed E-state index contributed by atoms with van der Waals surface area (Å²) in [5.41, 5.74) is 2.21. The summed E-state index contributed by atoms with van der Waals surface area (Å²) in [6, 6.07) is 2.12. The topological polar surface area (TPSA) is 42.4 Å². The molecule has 0 saturated heterocycles. The van der Waals surface area contributed by atoms with E-state index in [4.69, 9.17) is 4.74 Å². The van der Waals surface area contributed by atoms with Crippen LogP contribution in [0.25, 0.3) is 0 Å². The van der Waals surface area contributed by atoms with E-state index in [0.717, 1.165) is 21.2 Å². The minimum absolute atomic E-state index is 0.163. The van der Waals surface area contributed by atoms with Crippen molar-refractivity contribution in [2.75, 3.05) is 18.6 Å². The summed E-state index contributed by atoms with van der Waals surface area (Å²) in [6.07, 6.45) is 1.02. The Morgan fingerprint density at radius 2 is 2.24 bits per heavy atom. The van der Waals surface area contributed by atoms with Crippen molar-refractivity contribution in [2.24, 2.45) is 0 Å². The van der Waals surface area contributed by atoms with Gasteiger partial charge >= 0.3 is 5.97 Å². The third kappa shape index (κ3) is 5.09. The molecular formula is C14H17BrN2O2S2. The molecule has 2 aromatic heterocycles. The van der Waals surface area contributed by atoms with Gasteiger partial charge in [-0.1, -0.05) is 0 Å². The van der Waals surface area contributed by atoms with E-state index in [1.165, 1.54) is 5.56 Å². The molecule has 7 heteroatoms. The number of aromatic nitrogens is 1. The Balaban J connectivity index is 1.88. The van der Waals surface area contributed by atoms with Crippen LogP contribution in [-0.2, 0) is 22.5 Å². The van der Waals surface area contributed by atoms with Crippen molar-refractivity contribution in [2.45, 2.75) is 26.3 Å². The molecule has 0 aromatic carbocycles. The van der Waals surface area contributed by atoms with Crippen LogP contribution in [0.15, 0.2) is 20.6 Å². The van der Waals surface area contributed by atoms with Crippen molar-refractivity contribution >= 4 is 49.7 Å². The van der Waals surface area contributed by atoms with Gasteiger partial charge in [-0.05, 0) is 39.9 Å². The van der Waals surface area contributed by atoms with Crippen molar-refractivity contribution < 1.29 is 9.53 Å². The number of hydrogen-bond acceptors (Lipinski definition) is 6. The standard InChI is InChI=1S/C14H17BrN2O2S2/c1-3-19-13(18)5-4-11-9-21-14(16-11)17(2)7-10-6-12(15)20-8-10/h6,8-9H,3-5,7H2,1-2H3. The minimum Gasteiger partial charge on any atom is -0.466 e. The molecule has 0 bridgehead atoms. The Bertz CT molecular complexity index is 597. The monoisotopic (exact) mass is 388 g/mol. The van der Waals surface area contributed by atoms with E-state index >= 15 is 0 Å². The van der Waals surface area contributed by atoms with Crippen LogP contribution < -0.4 is 4.90 Å². The fourth-order valence-corrected chi connectivity index (χ4v) is 3.85. The number of aryl methyl sites for hydroxylation is 1. The van der Waals surface area contributed by atoms with Crippen LogP contribution in [0.2, 0.25) is 0 Å². The van der Waals surface area contributed by atoms with E-state index in [1.54, 1.807) is 22.7 Å². The Labute approximate surface area is 140 Å². The van der Waals surface area contributed by atoms with Gasteiger partial charge in [0.05, 0.1) is 22.5 Å². The summed E-state index contributed by atoms with van der Waals surface area (Å²) in [6.45, 7) is 3.07. The fourth-order valence-electron chi connectivity index (χ4n) is 1.82. The zero-order chi connectivity index (χ0) is 15.2. The number of esters is 1. The van der Waals surface area contributed by atoms with Crippen LogP contribution in [0.4, 0.5) is 5.13 Å². The molecule has 4 nitrogen and oxygen atoms in total. The van der Waals surface area contributed by atoms with Gasteiger partial charge in [-0.2, -0.15) is 0 Å². The van der Waals surface area contributed by atoms with Crippen molar-refractivity contribution in [3.8, 4) is 0 Å². The molecule has 0 unspecified atom stereocenters. The molecule has 0 atom stereocenters. The summed E-state index contributed by atoms with van der Waals surface area (Å²) in [5, 5.41) is 5.11. The number of hydrogen-bond donors (Lipinski definition) is 0. The van der Waals surface area contributed by atoms with E-state index < -0.39 is 0 Å². The van der Waals surface area contributed by atoms with Gasteiger partial charge in [0.25, 0.3) is 0 Å². The van der Waals surface area contributed by atoms with Gasteiger partial charge in [-0.25, -0.2) is 4.98 Å².